The third-order valence-corrected chi connectivity index (χ3v) is 2.87. The van der Waals surface area contributed by atoms with Crippen molar-refractivity contribution in [3.63, 3.8) is 0 Å². The molecule has 1 radical (unpaired) electrons. The third-order valence-electron chi connectivity index (χ3n) is 2.87. The molecule has 0 N–H and O–H groups in total. The fourth-order valence-electron chi connectivity index (χ4n) is 2.18. The maximum absolute atomic E-state index is 12.0. The molecule has 0 bridgehead atoms. The van der Waals surface area contributed by atoms with Gasteiger partial charge in [0.15, 0.2) is 0 Å². The summed E-state index contributed by atoms with van der Waals surface area (Å²) in [6.45, 7) is 6.27. The van der Waals surface area contributed by atoms with Crippen LogP contribution < -0.4 is 0 Å². The largest absolute Gasteiger partial charge is 0.462 e. The van der Waals surface area contributed by atoms with Crippen LogP contribution in [0.5, 0.6) is 0 Å². The number of carbonyl (C=O) groups excluding carboxylic acids is 1. The standard InChI is InChI=1S/C17H17O2/c1-4-19-17(18)16-8-6-5-7-15(16)14-10-12(2)9-13(3)11-14/h5-7,9-11H,4H2,1-3H3. The lowest BCUT2D eigenvalue weighted by molar-refractivity contribution is 0.0527. The smallest absolute Gasteiger partial charge is 0.339 e. The van der Waals surface area contributed by atoms with E-state index in [0.29, 0.717) is 12.2 Å². The zero-order chi connectivity index (χ0) is 13.8. The minimum Gasteiger partial charge on any atom is -0.462 e. The number of aryl methyl sites for hydroxylation is 2. The molecule has 97 valence electrons. The Morgan fingerprint density at radius 2 is 1.89 bits per heavy atom. The van der Waals surface area contributed by atoms with Crippen LogP contribution in [0.2, 0.25) is 0 Å². The van der Waals surface area contributed by atoms with Crippen LogP contribution in [0, 0.1) is 19.9 Å². The Balaban J connectivity index is 2.52. The van der Waals surface area contributed by atoms with Gasteiger partial charge in [-0.1, -0.05) is 47.5 Å². The zero-order valence-electron chi connectivity index (χ0n) is 11.5. The van der Waals surface area contributed by atoms with Crippen LogP contribution in [0.1, 0.15) is 28.4 Å². The maximum atomic E-state index is 12.0. The van der Waals surface area contributed by atoms with Gasteiger partial charge in [-0.15, -0.1) is 0 Å². The predicted octanol–water partition coefficient (Wildman–Crippen LogP) is 3.95. The fourth-order valence-corrected chi connectivity index (χ4v) is 2.18. The van der Waals surface area contributed by atoms with Gasteiger partial charge in [-0.25, -0.2) is 4.79 Å². The van der Waals surface area contributed by atoms with Crippen LogP contribution in [0.25, 0.3) is 11.1 Å². The van der Waals surface area contributed by atoms with Gasteiger partial charge in [-0.2, -0.15) is 0 Å². The molecule has 2 rings (SSSR count). The van der Waals surface area contributed by atoms with E-state index in [2.05, 4.69) is 24.3 Å². The highest BCUT2D eigenvalue weighted by molar-refractivity contribution is 5.97. The molecule has 0 saturated heterocycles. The van der Waals surface area contributed by atoms with Gasteiger partial charge in [0.2, 0.25) is 0 Å². The molecule has 2 aromatic carbocycles. The minimum absolute atomic E-state index is 0.322. The Labute approximate surface area is 114 Å². The summed E-state index contributed by atoms with van der Waals surface area (Å²) in [6, 6.07) is 14.8. The number of ether oxygens (including phenoxy) is 1. The number of hydrogen-bond acceptors (Lipinski definition) is 2. The Kier molecular flexibility index (Phi) is 4.00. The van der Waals surface area contributed by atoms with E-state index in [1.807, 2.05) is 26.0 Å². The second-order valence-corrected chi connectivity index (χ2v) is 4.56. The Morgan fingerprint density at radius 3 is 2.53 bits per heavy atom. The summed E-state index contributed by atoms with van der Waals surface area (Å²) in [4.78, 5) is 12.0. The van der Waals surface area contributed by atoms with Crippen molar-refractivity contribution >= 4 is 5.97 Å². The van der Waals surface area contributed by atoms with E-state index < -0.39 is 0 Å². The van der Waals surface area contributed by atoms with Gasteiger partial charge < -0.3 is 4.74 Å². The average Bonchev–Trinajstić information content (AvgIpc) is 2.38. The Hall–Kier alpha value is -2.09. The van der Waals surface area contributed by atoms with Gasteiger partial charge in [-0.05, 0) is 38.0 Å². The molecule has 0 saturated carbocycles. The highest BCUT2D eigenvalue weighted by Crippen LogP contribution is 2.26. The van der Waals surface area contributed by atoms with Gasteiger partial charge in [0, 0.05) is 0 Å². The summed E-state index contributed by atoms with van der Waals surface area (Å²) in [7, 11) is 0. The lowest BCUT2D eigenvalue weighted by Crippen LogP contribution is -2.06. The van der Waals surface area contributed by atoms with Crippen molar-refractivity contribution in [2.24, 2.45) is 0 Å². The van der Waals surface area contributed by atoms with Crippen molar-refractivity contribution < 1.29 is 9.53 Å². The van der Waals surface area contributed by atoms with Crippen LogP contribution in [0.15, 0.2) is 36.4 Å². The predicted molar refractivity (Wildman–Crippen MR) is 76.1 cm³/mol. The van der Waals surface area contributed by atoms with Crippen molar-refractivity contribution in [2.45, 2.75) is 20.8 Å². The molecule has 0 aliphatic rings. The molecule has 0 fully saturated rings. The molecule has 0 unspecified atom stereocenters. The minimum atomic E-state index is -0.322. The molecule has 0 spiro atoms. The molecule has 0 heterocycles. The quantitative estimate of drug-likeness (QED) is 0.774. The summed E-state index contributed by atoms with van der Waals surface area (Å²) >= 11 is 0. The van der Waals surface area contributed by atoms with E-state index >= 15 is 0 Å². The van der Waals surface area contributed by atoms with Crippen LogP contribution in [0.4, 0.5) is 0 Å². The second-order valence-electron chi connectivity index (χ2n) is 4.56. The molecule has 2 aromatic rings. The summed E-state index contributed by atoms with van der Waals surface area (Å²) in [5, 5.41) is 0. The van der Waals surface area contributed by atoms with Crippen LogP contribution in [-0.2, 0) is 4.74 Å². The molecular formula is C17H17O2. The van der Waals surface area contributed by atoms with Gasteiger partial charge in [0.05, 0.1) is 12.2 Å². The molecule has 0 amide bonds. The topological polar surface area (TPSA) is 26.3 Å². The molecule has 2 heteroatoms. The summed E-state index contributed by atoms with van der Waals surface area (Å²) in [6.07, 6.45) is 0. The van der Waals surface area contributed by atoms with Gasteiger partial charge in [0.1, 0.15) is 0 Å². The fraction of sp³-hybridized carbons (Fsp3) is 0.235. The monoisotopic (exact) mass is 253 g/mol. The second kappa shape index (κ2) is 5.70. The normalized spacial score (nSPS) is 10.3. The van der Waals surface area contributed by atoms with E-state index in [9.17, 15) is 4.79 Å². The third kappa shape index (κ3) is 3.02. The van der Waals surface area contributed by atoms with Crippen LogP contribution in [0.3, 0.4) is 0 Å². The Morgan fingerprint density at radius 1 is 1.21 bits per heavy atom. The van der Waals surface area contributed by atoms with Crippen molar-refractivity contribution in [2.75, 3.05) is 6.61 Å². The first kappa shape index (κ1) is 13.3. The molecule has 0 aliphatic carbocycles. The van der Waals surface area contributed by atoms with E-state index in [-0.39, 0.29) is 5.97 Å². The van der Waals surface area contributed by atoms with E-state index in [4.69, 9.17) is 4.74 Å². The maximum Gasteiger partial charge on any atom is 0.339 e. The zero-order valence-corrected chi connectivity index (χ0v) is 11.5. The van der Waals surface area contributed by atoms with Crippen molar-refractivity contribution in [1.29, 1.82) is 0 Å². The highest BCUT2D eigenvalue weighted by atomic mass is 16.5. The lowest BCUT2D eigenvalue weighted by Gasteiger charge is -2.10. The van der Waals surface area contributed by atoms with E-state index in [1.165, 1.54) is 11.1 Å². The van der Waals surface area contributed by atoms with Crippen molar-refractivity contribution in [3.8, 4) is 11.1 Å². The molecule has 0 aromatic heterocycles. The number of esters is 1. The summed E-state index contributed by atoms with van der Waals surface area (Å²) < 4.78 is 5.08. The first-order valence-corrected chi connectivity index (χ1v) is 6.38. The highest BCUT2D eigenvalue weighted by Gasteiger charge is 2.13. The van der Waals surface area contributed by atoms with E-state index in [0.717, 1.165) is 11.1 Å². The molecule has 0 atom stereocenters. The van der Waals surface area contributed by atoms with Gasteiger partial charge >= 0.3 is 5.97 Å². The summed E-state index contributed by atoms with van der Waals surface area (Å²) in [5.41, 5.74) is 4.74. The summed E-state index contributed by atoms with van der Waals surface area (Å²) in [5.74, 6) is -0.322. The molecule has 0 aliphatic heterocycles. The lowest BCUT2D eigenvalue weighted by atomic mass is 9.96. The number of carbonyl (C=O) groups is 1. The van der Waals surface area contributed by atoms with Gasteiger partial charge in [0.25, 0.3) is 0 Å². The SMILES string of the molecule is CCOC(=O)c1[c]cccc1-c1cc(C)cc(C)c1. The Bertz CT molecular complexity index is 580. The first-order chi connectivity index (χ1) is 9.11. The number of benzene rings is 2. The van der Waals surface area contributed by atoms with Crippen LogP contribution >= 0.6 is 0 Å². The van der Waals surface area contributed by atoms with E-state index in [1.54, 1.807) is 13.0 Å². The molecule has 2 nitrogen and oxygen atoms in total. The van der Waals surface area contributed by atoms with Crippen LogP contribution in [-0.4, -0.2) is 12.6 Å². The molecule has 19 heavy (non-hydrogen) atoms. The average molecular weight is 253 g/mol. The van der Waals surface area contributed by atoms with Crippen molar-refractivity contribution in [1.82, 2.24) is 0 Å². The number of rotatable bonds is 3. The molecular weight excluding hydrogens is 236 g/mol. The van der Waals surface area contributed by atoms with Crippen molar-refractivity contribution in [3.05, 3.63) is 59.2 Å². The van der Waals surface area contributed by atoms with Gasteiger partial charge in [-0.3, -0.25) is 0 Å². The number of hydrogen-bond donors (Lipinski definition) is 0. The first-order valence-electron chi connectivity index (χ1n) is 6.38.